The van der Waals surface area contributed by atoms with Crippen LogP contribution in [0.25, 0.3) is 0 Å². The molecule has 228 valence electrons. The van der Waals surface area contributed by atoms with E-state index in [2.05, 4.69) is 5.32 Å². The van der Waals surface area contributed by atoms with Gasteiger partial charge in [-0.15, -0.1) is 11.8 Å². The fourth-order valence-corrected chi connectivity index (χ4v) is 5.14. The van der Waals surface area contributed by atoms with Gasteiger partial charge in [-0.05, 0) is 60.4 Å². The number of hydrogen-bond donors (Lipinski definition) is 1. The lowest BCUT2D eigenvalue weighted by molar-refractivity contribution is -0.141. The predicted molar refractivity (Wildman–Crippen MR) is 177 cm³/mol. The molecule has 4 aromatic carbocycles. The topological polar surface area (TPSA) is 84.9 Å². The summed E-state index contributed by atoms with van der Waals surface area (Å²) in [5.41, 5.74) is 3.32. The molecule has 1 atom stereocenters. The van der Waals surface area contributed by atoms with Gasteiger partial charge in [0.25, 0.3) is 0 Å². The van der Waals surface area contributed by atoms with Crippen LogP contribution in [0.2, 0.25) is 0 Å². The van der Waals surface area contributed by atoms with Gasteiger partial charge in [0, 0.05) is 39.7 Å². The van der Waals surface area contributed by atoms with E-state index in [0.29, 0.717) is 42.1 Å². The second-order valence-corrected chi connectivity index (χ2v) is 11.4. The number of ether oxygens (including phenoxy) is 2. The summed E-state index contributed by atoms with van der Waals surface area (Å²) >= 11 is 1.66. The molecule has 44 heavy (non-hydrogen) atoms. The number of carbonyl (C=O) groups excluding carboxylic acids is 3. The molecule has 0 saturated carbocycles. The Morgan fingerprint density at radius 3 is 2.14 bits per heavy atom. The number of nitrogens with zero attached hydrogens (tertiary/aromatic N) is 1. The smallest absolute Gasteiger partial charge is 0.328 e. The molecule has 0 saturated heterocycles. The van der Waals surface area contributed by atoms with E-state index in [1.54, 1.807) is 47.0 Å². The molecule has 1 amide bonds. The second kappa shape index (κ2) is 15.8. The first kappa shape index (κ1) is 32.4. The summed E-state index contributed by atoms with van der Waals surface area (Å²) in [5.74, 6) is -0.0226. The molecule has 0 bridgehead atoms. The van der Waals surface area contributed by atoms with Gasteiger partial charge >= 0.3 is 5.97 Å². The quantitative estimate of drug-likeness (QED) is 0.0944. The molecule has 1 N–H and O–H groups in total. The summed E-state index contributed by atoms with van der Waals surface area (Å²) in [5, 5.41) is 3.24. The predicted octanol–water partition coefficient (Wildman–Crippen LogP) is 6.90. The van der Waals surface area contributed by atoms with Gasteiger partial charge in [0.2, 0.25) is 5.91 Å². The lowest BCUT2D eigenvalue weighted by Crippen LogP contribution is -2.37. The molecule has 4 aromatic rings. The van der Waals surface area contributed by atoms with E-state index >= 15 is 0 Å². The highest BCUT2D eigenvalue weighted by atomic mass is 32.2. The molecule has 0 aliphatic carbocycles. The first-order chi connectivity index (χ1) is 21.3. The molecule has 4 rings (SSSR count). The molecule has 0 spiro atoms. The van der Waals surface area contributed by atoms with Crippen LogP contribution in [0.4, 0.5) is 11.4 Å². The lowest BCUT2D eigenvalue weighted by atomic mass is 10.00. The Kier molecular flexibility index (Phi) is 11.6. The van der Waals surface area contributed by atoms with Crippen molar-refractivity contribution < 1.29 is 23.9 Å². The molecule has 1 unspecified atom stereocenters. The SMILES string of the molecule is COC(=O)C(Cc1ccc(OCCN(C(=O)C(C)C)c2ccc(SC)cc2)cc1)Nc1ccccc1C(=O)c1ccccc1. The van der Waals surface area contributed by atoms with E-state index in [1.165, 1.54) is 7.11 Å². The highest BCUT2D eigenvalue weighted by Crippen LogP contribution is 2.24. The van der Waals surface area contributed by atoms with Gasteiger partial charge in [-0.3, -0.25) is 9.59 Å². The van der Waals surface area contributed by atoms with Crippen LogP contribution in [0.3, 0.4) is 0 Å². The Morgan fingerprint density at radius 1 is 0.841 bits per heavy atom. The van der Waals surface area contributed by atoms with Crippen LogP contribution in [-0.2, 0) is 20.7 Å². The third-order valence-electron chi connectivity index (χ3n) is 7.11. The third kappa shape index (κ3) is 8.51. The molecule has 7 nitrogen and oxygen atoms in total. The van der Waals surface area contributed by atoms with Crippen molar-refractivity contribution in [2.75, 3.05) is 36.7 Å². The first-order valence-electron chi connectivity index (χ1n) is 14.5. The number of anilines is 2. The number of carbonyl (C=O) groups is 3. The van der Waals surface area contributed by atoms with Crippen LogP contribution in [0.15, 0.2) is 108 Å². The van der Waals surface area contributed by atoms with Crippen molar-refractivity contribution in [3.8, 4) is 5.75 Å². The third-order valence-corrected chi connectivity index (χ3v) is 7.86. The maximum absolute atomic E-state index is 13.2. The van der Waals surface area contributed by atoms with Crippen molar-refractivity contribution in [2.24, 2.45) is 5.92 Å². The van der Waals surface area contributed by atoms with Crippen molar-refractivity contribution >= 4 is 40.8 Å². The van der Waals surface area contributed by atoms with E-state index in [0.717, 1.165) is 16.1 Å². The summed E-state index contributed by atoms with van der Waals surface area (Å²) in [4.78, 5) is 41.8. The Hall–Kier alpha value is -4.56. The molecular weight excluding hydrogens is 572 g/mol. The van der Waals surface area contributed by atoms with Crippen molar-refractivity contribution in [2.45, 2.75) is 31.2 Å². The van der Waals surface area contributed by atoms with Gasteiger partial charge in [-0.25, -0.2) is 4.79 Å². The number of hydrogen-bond acceptors (Lipinski definition) is 7. The molecule has 0 fully saturated rings. The zero-order chi connectivity index (χ0) is 31.5. The number of amides is 1. The van der Waals surface area contributed by atoms with Gasteiger partial charge in [-0.1, -0.05) is 68.4 Å². The van der Waals surface area contributed by atoms with Crippen LogP contribution in [-0.4, -0.2) is 50.2 Å². The molecule has 0 aromatic heterocycles. The van der Waals surface area contributed by atoms with Crippen molar-refractivity contribution in [1.29, 1.82) is 0 Å². The van der Waals surface area contributed by atoms with Crippen LogP contribution < -0.4 is 15.0 Å². The second-order valence-electron chi connectivity index (χ2n) is 10.5. The van der Waals surface area contributed by atoms with Crippen LogP contribution in [0.1, 0.15) is 35.3 Å². The van der Waals surface area contributed by atoms with Crippen LogP contribution in [0, 0.1) is 5.92 Å². The maximum atomic E-state index is 13.2. The Morgan fingerprint density at radius 2 is 1.50 bits per heavy atom. The van der Waals surface area contributed by atoms with Crippen molar-refractivity contribution in [3.63, 3.8) is 0 Å². The Bertz CT molecular complexity index is 1540. The van der Waals surface area contributed by atoms with Crippen molar-refractivity contribution in [1.82, 2.24) is 0 Å². The highest BCUT2D eigenvalue weighted by molar-refractivity contribution is 7.98. The van der Waals surface area contributed by atoms with E-state index in [9.17, 15) is 14.4 Å². The molecule has 0 aliphatic rings. The normalized spacial score (nSPS) is 11.5. The Labute approximate surface area is 263 Å². The minimum atomic E-state index is -0.718. The lowest BCUT2D eigenvalue weighted by Gasteiger charge is -2.25. The molecule has 0 aliphatic heterocycles. The first-order valence-corrected chi connectivity index (χ1v) is 15.7. The minimum Gasteiger partial charge on any atom is -0.492 e. The zero-order valence-electron chi connectivity index (χ0n) is 25.5. The van der Waals surface area contributed by atoms with Gasteiger partial charge in [-0.2, -0.15) is 0 Å². The summed E-state index contributed by atoms with van der Waals surface area (Å²) in [6, 6.07) is 30.9. The van der Waals surface area contributed by atoms with Crippen LogP contribution in [0.5, 0.6) is 5.75 Å². The van der Waals surface area contributed by atoms with Crippen molar-refractivity contribution in [3.05, 3.63) is 120 Å². The molecule has 0 heterocycles. The highest BCUT2D eigenvalue weighted by Gasteiger charge is 2.23. The summed E-state index contributed by atoms with van der Waals surface area (Å²) in [6.45, 7) is 4.51. The number of thioether (sulfide) groups is 1. The number of esters is 1. The minimum absolute atomic E-state index is 0.0363. The summed E-state index contributed by atoms with van der Waals surface area (Å²) in [6.07, 6.45) is 2.36. The van der Waals surface area contributed by atoms with E-state index in [4.69, 9.17) is 9.47 Å². The van der Waals surface area contributed by atoms with Gasteiger partial charge in [0.05, 0.1) is 13.7 Å². The number of ketones is 1. The molecule has 8 heteroatoms. The number of rotatable bonds is 14. The molecule has 0 radical (unpaired) electrons. The monoisotopic (exact) mass is 610 g/mol. The maximum Gasteiger partial charge on any atom is 0.328 e. The van der Waals surface area contributed by atoms with E-state index in [1.807, 2.05) is 92.9 Å². The fraction of sp³-hybridized carbons (Fsp3) is 0.250. The standard InChI is InChI=1S/C36H38N2O5S/c1-25(2)35(40)38(28-16-20-30(44-4)21-17-28)22-23-43-29-18-14-26(15-19-29)24-33(36(41)42-3)37-32-13-9-8-12-31(32)34(39)27-10-6-5-7-11-27/h5-21,25,33,37H,22-24H2,1-4H3. The average molecular weight is 611 g/mol. The molecular formula is C36H38N2O5S. The summed E-state index contributed by atoms with van der Waals surface area (Å²) in [7, 11) is 1.35. The summed E-state index contributed by atoms with van der Waals surface area (Å²) < 4.78 is 11.1. The Balaban J connectivity index is 1.41. The number of para-hydroxylation sites is 1. The van der Waals surface area contributed by atoms with Gasteiger partial charge in [0.15, 0.2) is 5.78 Å². The van der Waals surface area contributed by atoms with E-state index < -0.39 is 12.0 Å². The zero-order valence-corrected chi connectivity index (χ0v) is 26.3. The van der Waals surface area contributed by atoms with Gasteiger partial charge < -0.3 is 19.7 Å². The van der Waals surface area contributed by atoms with Gasteiger partial charge in [0.1, 0.15) is 18.4 Å². The number of benzene rings is 4. The van der Waals surface area contributed by atoms with E-state index in [-0.39, 0.29) is 17.6 Å². The average Bonchev–Trinajstić information content (AvgIpc) is 3.06. The fourth-order valence-electron chi connectivity index (χ4n) is 4.73. The number of methoxy groups -OCH3 is 1. The van der Waals surface area contributed by atoms with Crippen LogP contribution >= 0.6 is 11.8 Å². The number of nitrogens with one attached hydrogen (secondary N) is 1. The largest absolute Gasteiger partial charge is 0.492 e.